The molecule has 1 amide bonds. The summed E-state index contributed by atoms with van der Waals surface area (Å²) in [5.74, 6) is -0.341. The predicted molar refractivity (Wildman–Crippen MR) is 111 cm³/mol. The number of likely N-dealkylation sites (tertiary alicyclic amines) is 1. The molecular formula is C23H28FN3O2. The third-order valence-corrected chi connectivity index (χ3v) is 6.13. The van der Waals surface area contributed by atoms with Crippen LogP contribution in [0.2, 0.25) is 0 Å². The van der Waals surface area contributed by atoms with Gasteiger partial charge in [-0.2, -0.15) is 0 Å². The molecular weight excluding hydrogens is 369 g/mol. The highest BCUT2D eigenvalue weighted by atomic mass is 19.1. The summed E-state index contributed by atoms with van der Waals surface area (Å²) in [5.41, 5.74) is 2.25. The highest BCUT2D eigenvalue weighted by molar-refractivity contribution is 5.94. The van der Waals surface area contributed by atoms with Crippen LogP contribution < -0.4 is 0 Å². The van der Waals surface area contributed by atoms with Crippen LogP contribution in [0, 0.1) is 5.82 Å². The summed E-state index contributed by atoms with van der Waals surface area (Å²) in [6.07, 6.45) is 0.264. The van der Waals surface area contributed by atoms with Gasteiger partial charge in [0.15, 0.2) is 0 Å². The normalized spacial score (nSPS) is 23.9. The van der Waals surface area contributed by atoms with Gasteiger partial charge in [-0.25, -0.2) is 4.39 Å². The highest BCUT2D eigenvalue weighted by Crippen LogP contribution is 2.23. The van der Waals surface area contributed by atoms with Crippen molar-refractivity contribution in [3.8, 4) is 11.1 Å². The third kappa shape index (κ3) is 4.50. The quantitative estimate of drug-likeness (QED) is 0.864. The molecule has 0 radical (unpaired) electrons. The van der Waals surface area contributed by atoms with Crippen LogP contribution in [-0.4, -0.2) is 84.2 Å². The zero-order chi connectivity index (χ0) is 20.4. The Morgan fingerprint density at radius 1 is 1.00 bits per heavy atom. The molecule has 0 aromatic heterocycles. The minimum Gasteiger partial charge on any atom is -0.390 e. The maximum atomic E-state index is 13.4. The maximum absolute atomic E-state index is 13.4. The van der Waals surface area contributed by atoms with Crippen LogP contribution in [0.15, 0.2) is 48.5 Å². The molecule has 2 aromatic carbocycles. The van der Waals surface area contributed by atoms with Gasteiger partial charge in [-0.05, 0) is 48.9 Å². The van der Waals surface area contributed by atoms with E-state index in [0.29, 0.717) is 18.7 Å². The molecule has 0 spiro atoms. The number of hydrogen-bond acceptors (Lipinski definition) is 4. The molecule has 2 fully saturated rings. The van der Waals surface area contributed by atoms with Gasteiger partial charge in [-0.1, -0.05) is 24.3 Å². The van der Waals surface area contributed by atoms with Crippen molar-refractivity contribution in [1.82, 2.24) is 14.7 Å². The van der Waals surface area contributed by atoms with E-state index in [-0.39, 0.29) is 17.8 Å². The van der Waals surface area contributed by atoms with E-state index in [2.05, 4.69) is 16.8 Å². The van der Waals surface area contributed by atoms with Crippen molar-refractivity contribution < 1.29 is 14.3 Å². The lowest BCUT2D eigenvalue weighted by Crippen LogP contribution is -2.59. The van der Waals surface area contributed by atoms with Gasteiger partial charge in [0, 0.05) is 50.9 Å². The minimum atomic E-state index is -0.525. The molecule has 29 heavy (non-hydrogen) atoms. The summed E-state index contributed by atoms with van der Waals surface area (Å²) in [7, 11) is 2.12. The Morgan fingerprint density at radius 3 is 2.38 bits per heavy atom. The van der Waals surface area contributed by atoms with E-state index in [4.69, 9.17) is 0 Å². The standard InChI is InChI=1S/C23H28FN3O2/c1-25-11-13-26(14-12-25)21-9-10-27(16-22(21)28)23(29)18-7-5-17(6-8-18)19-3-2-4-20(24)15-19/h2-8,15,21-22,28H,9-14,16H2,1H3/t21-,22-/m1/s1. The van der Waals surface area contributed by atoms with Gasteiger partial charge < -0.3 is 14.9 Å². The first-order valence-electron chi connectivity index (χ1n) is 10.3. The number of aliphatic hydroxyl groups is 1. The SMILES string of the molecule is CN1CCN([C@@H]2CCN(C(=O)c3ccc(-c4cccc(F)c4)cc3)C[C@H]2O)CC1. The summed E-state index contributed by atoms with van der Waals surface area (Å²) in [6.45, 7) is 4.98. The number of aliphatic hydroxyl groups excluding tert-OH is 1. The molecule has 2 saturated heterocycles. The first kappa shape index (κ1) is 20.0. The largest absolute Gasteiger partial charge is 0.390 e. The zero-order valence-electron chi connectivity index (χ0n) is 16.8. The van der Waals surface area contributed by atoms with Crippen molar-refractivity contribution in [3.05, 3.63) is 59.9 Å². The Kier molecular flexibility index (Phi) is 5.94. The molecule has 5 nitrogen and oxygen atoms in total. The molecule has 2 atom stereocenters. The fourth-order valence-electron chi connectivity index (χ4n) is 4.34. The zero-order valence-corrected chi connectivity index (χ0v) is 16.8. The van der Waals surface area contributed by atoms with Crippen LogP contribution in [0.1, 0.15) is 16.8 Å². The number of β-amino-alcohol motifs (C(OH)–C–C–N with tert-alkyl or cyclic N) is 1. The number of likely N-dealkylation sites (N-methyl/N-ethyl adjacent to an activating group) is 1. The summed E-state index contributed by atoms with van der Waals surface area (Å²) >= 11 is 0. The number of nitrogens with zero attached hydrogens (tertiary/aromatic N) is 3. The fourth-order valence-corrected chi connectivity index (χ4v) is 4.34. The molecule has 0 bridgehead atoms. The number of piperidine rings is 1. The van der Waals surface area contributed by atoms with Crippen LogP contribution in [0.5, 0.6) is 0 Å². The maximum Gasteiger partial charge on any atom is 0.253 e. The Bertz CT molecular complexity index is 849. The minimum absolute atomic E-state index is 0.0633. The van der Waals surface area contributed by atoms with Crippen molar-refractivity contribution in [2.45, 2.75) is 18.6 Å². The van der Waals surface area contributed by atoms with Crippen molar-refractivity contribution in [2.75, 3.05) is 46.3 Å². The predicted octanol–water partition coefficient (Wildman–Crippen LogP) is 2.32. The van der Waals surface area contributed by atoms with Crippen molar-refractivity contribution >= 4 is 5.91 Å². The Labute approximate surface area is 171 Å². The monoisotopic (exact) mass is 397 g/mol. The van der Waals surface area contributed by atoms with E-state index in [1.165, 1.54) is 12.1 Å². The lowest BCUT2D eigenvalue weighted by molar-refractivity contribution is -0.0219. The first-order chi connectivity index (χ1) is 14.0. The topological polar surface area (TPSA) is 47.0 Å². The van der Waals surface area contributed by atoms with Crippen molar-refractivity contribution in [3.63, 3.8) is 0 Å². The summed E-state index contributed by atoms with van der Waals surface area (Å²) in [6, 6.07) is 13.8. The molecule has 2 heterocycles. The molecule has 4 rings (SSSR count). The first-order valence-corrected chi connectivity index (χ1v) is 10.3. The Morgan fingerprint density at radius 2 is 1.72 bits per heavy atom. The van der Waals surface area contributed by atoms with Crippen LogP contribution in [0.4, 0.5) is 4.39 Å². The number of amides is 1. The second kappa shape index (κ2) is 8.61. The van der Waals surface area contributed by atoms with Gasteiger partial charge in [-0.15, -0.1) is 0 Å². The number of carbonyl (C=O) groups excluding carboxylic acids is 1. The molecule has 0 unspecified atom stereocenters. The molecule has 2 aliphatic heterocycles. The number of hydrogen-bond donors (Lipinski definition) is 1. The van der Waals surface area contributed by atoms with Crippen LogP contribution in [0.25, 0.3) is 11.1 Å². The second-order valence-electron chi connectivity index (χ2n) is 8.10. The van der Waals surface area contributed by atoms with E-state index in [1.807, 2.05) is 18.2 Å². The van der Waals surface area contributed by atoms with Crippen molar-refractivity contribution in [2.24, 2.45) is 0 Å². The molecule has 0 saturated carbocycles. The Balaban J connectivity index is 1.39. The van der Waals surface area contributed by atoms with Crippen LogP contribution in [0.3, 0.4) is 0 Å². The summed E-state index contributed by atoms with van der Waals surface area (Å²) in [4.78, 5) is 19.3. The van der Waals surface area contributed by atoms with Gasteiger partial charge in [-0.3, -0.25) is 9.69 Å². The lowest BCUT2D eigenvalue weighted by Gasteiger charge is -2.44. The van der Waals surface area contributed by atoms with E-state index >= 15 is 0 Å². The van der Waals surface area contributed by atoms with E-state index in [9.17, 15) is 14.3 Å². The fraction of sp³-hybridized carbons (Fsp3) is 0.435. The van der Waals surface area contributed by atoms with Crippen LogP contribution in [-0.2, 0) is 0 Å². The van der Waals surface area contributed by atoms with Gasteiger partial charge in [0.2, 0.25) is 0 Å². The van der Waals surface area contributed by atoms with Gasteiger partial charge in [0.1, 0.15) is 5.82 Å². The number of piperazine rings is 1. The Hall–Kier alpha value is -2.28. The highest BCUT2D eigenvalue weighted by Gasteiger charge is 2.35. The molecule has 1 N–H and O–H groups in total. The van der Waals surface area contributed by atoms with Crippen molar-refractivity contribution in [1.29, 1.82) is 0 Å². The van der Waals surface area contributed by atoms with Gasteiger partial charge in [0.25, 0.3) is 5.91 Å². The number of rotatable bonds is 3. The molecule has 2 aliphatic rings. The number of benzene rings is 2. The smallest absolute Gasteiger partial charge is 0.253 e. The second-order valence-corrected chi connectivity index (χ2v) is 8.10. The molecule has 0 aliphatic carbocycles. The lowest BCUT2D eigenvalue weighted by atomic mass is 9.98. The van der Waals surface area contributed by atoms with E-state index < -0.39 is 6.10 Å². The number of carbonyl (C=O) groups is 1. The average molecular weight is 397 g/mol. The molecule has 2 aromatic rings. The van der Waals surface area contributed by atoms with Gasteiger partial charge >= 0.3 is 0 Å². The van der Waals surface area contributed by atoms with E-state index in [1.54, 1.807) is 23.1 Å². The molecule has 154 valence electrons. The van der Waals surface area contributed by atoms with Crippen LogP contribution >= 0.6 is 0 Å². The summed E-state index contributed by atoms with van der Waals surface area (Å²) in [5, 5.41) is 10.7. The van der Waals surface area contributed by atoms with E-state index in [0.717, 1.165) is 43.7 Å². The molecule has 6 heteroatoms. The summed E-state index contributed by atoms with van der Waals surface area (Å²) < 4.78 is 13.4. The number of halogens is 1. The van der Waals surface area contributed by atoms with Gasteiger partial charge in [0.05, 0.1) is 6.10 Å². The average Bonchev–Trinajstić information content (AvgIpc) is 2.74. The third-order valence-electron chi connectivity index (χ3n) is 6.13.